The molecule has 1 aliphatic rings. The standard InChI is InChI=1S/C24H23BrF5N2O4PS/c25-19-17-9-16(22(31)33)10-18(20(17)38-21(19)24(29,30)37(34)35)36-11-13-1-3-14(4-2-13)15-5-7-32(8-6-15)12-23(26,27)28/h1-4,9-10,15,34-35H,5-8,11-12H2,(H2,31,33). The first-order chi connectivity index (χ1) is 17.8. The smallest absolute Gasteiger partial charge is 0.401 e. The number of likely N-dealkylation sites (tertiary alicyclic amines) is 1. The van der Waals surface area contributed by atoms with Crippen LogP contribution in [0.15, 0.2) is 40.9 Å². The van der Waals surface area contributed by atoms with Gasteiger partial charge in [0.05, 0.1) is 16.1 Å². The minimum Gasteiger partial charge on any atom is -0.487 e. The number of primary amides is 1. The van der Waals surface area contributed by atoms with E-state index in [-0.39, 0.29) is 38.4 Å². The van der Waals surface area contributed by atoms with Gasteiger partial charge in [0, 0.05) is 15.4 Å². The number of rotatable bonds is 8. The van der Waals surface area contributed by atoms with E-state index in [0.717, 1.165) is 11.1 Å². The summed E-state index contributed by atoms with van der Waals surface area (Å²) in [7, 11) is -3.60. The first-order valence-corrected chi connectivity index (χ1v) is 14.2. The number of nitrogens with two attached hydrogens (primary N) is 1. The number of carbonyl (C=O) groups excluding carboxylic acids is 1. The van der Waals surface area contributed by atoms with Gasteiger partial charge in [-0.05, 0) is 71.0 Å². The summed E-state index contributed by atoms with van der Waals surface area (Å²) in [6, 6.07) is 10.1. The number of amides is 1. The van der Waals surface area contributed by atoms with Crippen molar-refractivity contribution in [3.63, 3.8) is 0 Å². The van der Waals surface area contributed by atoms with Gasteiger partial charge in [0.2, 0.25) is 14.3 Å². The molecule has 0 radical (unpaired) electrons. The van der Waals surface area contributed by atoms with E-state index in [1.807, 2.05) is 24.3 Å². The highest BCUT2D eigenvalue weighted by atomic mass is 79.9. The number of benzene rings is 2. The zero-order valence-corrected chi connectivity index (χ0v) is 22.9. The third-order valence-electron chi connectivity index (χ3n) is 6.34. The van der Waals surface area contributed by atoms with Gasteiger partial charge >= 0.3 is 11.8 Å². The quantitative estimate of drug-likeness (QED) is 0.195. The van der Waals surface area contributed by atoms with Crippen LogP contribution in [0.1, 0.15) is 45.1 Å². The molecule has 4 N–H and O–H groups in total. The number of fused-ring (bicyclic) bond motifs is 1. The highest BCUT2D eigenvalue weighted by Crippen LogP contribution is 2.58. The summed E-state index contributed by atoms with van der Waals surface area (Å²) in [6.07, 6.45) is -2.97. The van der Waals surface area contributed by atoms with Crippen LogP contribution in [0.5, 0.6) is 5.75 Å². The molecular formula is C24H23BrF5N2O4PS. The van der Waals surface area contributed by atoms with Crippen LogP contribution in [-0.4, -0.2) is 46.4 Å². The van der Waals surface area contributed by atoms with Gasteiger partial charge in [-0.25, -0.2) is 0 Å². The van der Waals surface area contributed by atoms with Crippen LogP contribution in [0.3, 0.4) is 0 Å². The largest absolute Gasteiger partial charge is 0.487 e. The Bertz CT molecular complexity index is 1310. The summed E-state index contributed by atoms with van der Waals surface area (Å²) < 4.78 is 72.8. The maximum Gasteiger partial charge on any atom is 0.401 e. The number of carbonyl (C=O) groups is 1. The molecule has 4 rings (SSSR count). The third kappa shape index (κ3) is 6.46. The molecular weight excluding hydrogens is 618 g/mol. The molecule has 2 heterocycles. The Hall–Kier alpha value is -1.89. The third-order valence-corrected chi connectivity index (χ3v) is 9.59. The van der Waals surface area contributed by atoms with Crippen LogP contribution >= 0.6 is 35.6 Å². The number of piperidine rings is 1. The molecule has 1 saturated heterocycles. The van der Waals surface area contributed by atoms with Gasteiger partial charge in [0.25, 0.3) is 0 Å². The van der Waals surface area contributed by atoms with Crippen LogP contribution in [0.25, 0.3) is 10.1 Å². The minimum atomic E-state index is -4.21. The van der Waals surface area contributed by atoms with Gasteiger partial charge in [-0.15, -0.1) is 11.3 Å². The summed E-state index contributed by atoms with van der Waals surface area (Å²) in [4.78, 5) is 31.1. The highest BCUT2D eigenvalue weighted by Gasteiger charge is 2.45. The number of nitrogens with zero attached hydrogens (tertiary/aromatic N) is 1. The van der Waals surface area contributed by atoms with Crippen molar-refractivity contribution in [2.75, 3.05) is 19.6 Å². The molecule has 1 amide bonds. The zero-order chi connectivity index (χ0) is 27.8. The fraction of sp³-hybridized carbons (Fsp3) is 0.375. The molecule has 1 aromatic heterocycles. The molecule has 38 heavy (non-hydrogen) atoms. The minimum absolute atomic E-state index is 0.0309. The number of halogens is 6. The highest BCUT2D eigenvalue weighted by molar-refractivity contribution is 9.10. The summed E-state index contributed by atoms with van der Waals surface area (Å²) in [6.45, 7) is -0.128. The summed E-state index contributed by atoms with van der Waals surface area (Å²) in [5, 5.41) is 0.222. The van der Waals surface area contributed by atoms with Crippen LogP contribution in [-0.2, 0) is 12.3 Å². The Labute approximate surface area is 228 Å². The second-order valence-corrected chi connectivity index (χ2v) is 11.9. The predicted molar refractivity (Wildman–Crippen MR) is 139 cm³/mol. The molecule has 0 bridgehead atoms. The van der Waals surface area contributed by atoms with E-state index >= 15 is 0 Å². The number of alkyl halides is 5. The van der Waals surface area contributed by atoms with Gasteiger partial charge < -0.3 is 20.3 Å². The lowest BCUT2D eigenvalue weighted by molar-refractivity contribution is -0.147. The Morgan fingerprint density at radius 2 is 1.76 bits per heavy atom. The lowest BCUT2D eigenvalue weighted by Crippen LogP contribution is -2.39. The Morgan fingerprint density at radius 3 is 2.32 bits per heavy atom. The molecule has 0 spiro atoms. The molecule has 2 aromatic carbocycles. The average molecular weight is 641 g/mol. The molecule has 1 fully saturated rings. The van der Waals surface area contributed by atoms with Crippen molar-refractivity contribution in [1.29, 1.82) is 0 Å². The van der Waals surface area contributed by atoms with E-state index in [1.54, 1.807) is 0 Å². The molecule has 0 atom stereocenters. The average Bonchev–Trinajstić information content (AvgIpc) is 3.19. The van der Waals surface area contributed by atoms with E-state index in [9.17, 15) is 36.5 Å². The molecule has 3 aromatic rings. The van der Waals surface area contributed by atoms with E-state index in [1.165, 1.54) is 17.0 Å². The summed E-state index contributed by atoms with van der Waals surface area (Å²) in [5.41, 5.74) is 3.29. The fourth-order valence-corrected chi connectivity index (χ4v) is 7.18. The molecule has 14 heteroatoms. The van der Waals surface area contributed by atoms with Gasteiger partial charge in [-0.3, -0.25) is 9.69 Å². The van der Waals surface area contributed by atoms with Crippen molar-refractivity contribution in [2.24, 2.45) is 5.73 Å². The Kier molecular flexibility index (Phi) is 8.66. The van der Waals surface area contributed by atoms with E-state index in [2.05, 4.69) is 15.9 Å². The van der Waals surface area contributed by atoms with Crippen molar-refractivity contribution in [1.82, 2.24) is 4.90 Å². The normalized spacial score (nSPS) is 15.9. The van der Waals surface area contributed by atoms with E-state index < -0.39 is 37.5 Å². The lowest BCUT2D eigenvalue weighted by Gasteiger charge is -2.32. The van der Waals surface area contributed by atoms with E-state index in [0.29, 0.717) is 37.3 Å². The van der Waals surface area contributed by atoms with Crippen LogP contribution in [0, 0.1) is 0 Å². The maximum atomic E-state index is 14.4. The first-order valence-electron chi connectivity index (χ1n) is 11.4. The monoisotopic (exact) mass is 640 g/mol. The van der Waals surface area contributed by atoms with Crippen molar-refractivity contribution in [2.45, 2.75) is 37.2 Å². The second kappa shape index (κ2) is 11.3. The molecule has 0 aliphatic carbocycles. The summed E-state index contributed by atoms with van der Waals surface area (Å²) >= 11 is 3.70. The second-order valence-electron chi connectivity index (χ2n) is 8.99. The number of hydrogen-bond donors (Lipinski definition) is 3. The van der Waals surface area contributed by atoms with Crippen molar-refractivity contribution >= 4 is 51.6 Å². The predicted octanol–water partition coefficient (Wildman–Crippen LogP) is 6.43. The van der Waals surface area contributed by atoms with Gasteiger partial charge in [0.15, 0.2) is 0 Å². The molecule has 6 nitrogen and oxygen atoms in total. The summed E-state index contributed by atoms with van der Waals surface area (Å²) in [5.74, 6) is -0.515. The topological polar surface area (TPSA) is 96.0 Å². The Morgan fingerprint density at radius 1 is 1.13 bits per heavy atom. The van der Waals surface area contributed by atoms with Gasteiger partial charge in [-0.1, -0.05) is 24.3 Å². The number of hydrogen-bond acceptors (Lipinski definition) is 6. The van der Waals surface area contributed by atoms with E-state index in [4.69, 9.17) is 10.5 Å². The van der Waals surface area contributed by atoms with Crippen molar-refractivity contribution in [3.05, 3.63) is 62.4 Å². The lowest BCUT2D eigenvalue weighted by atomic mass is 9.89. The van der Waals surface area contributed by atoms with Gasteiger partial charge in [0.1, 0.15) is 12.4 Å². The van der Waals surface area contributed by atoms with Crippen LogP contribution < -0.4 is 10.5 Å². The molecule has 0 saturated carbocycles. The maximum absolute atomic E-state index is 14.4. The molecule has 206 valence electrons. The van der Waals surface area contributed by atoms with Crippen molar-refractivity contribution in [3.8, 4) is 5.75 Å². The SMILES string of the molecule is NC(=O)c1cc(OCc2ccc(C3CCN(CC(F)(F)F)CC3)cc2)c2sc(C(F)(F)P(O)O)c(Br)c2c1. The zero-order valence-electron chi connectivity index (χ0n) is 19.6. The molecule has 1 aliphatic heterocycles. The number of thiophene rings is 1. The van der Waals surface area contributed by atoms with Crippen molar-refractivity contribution < 1.29 is 41.3 Å². The van der Waals surface area contributed by atoms with Crippen LogP contribution in [0.2, 0.25) is 0 Å². The first kappa shape index (κ1) is 29.1. The Balaban J connectivity index is 1.50. The fourth-order valence-electron chi connectivity index (χ4n) is 4.40. The van der Waals surface area contributed by atoms with Crippen LogP contribution in [0.4, 0.5) is 22.0 Å². The molecule has 0 unspecified atom stereocenters. The number of ether oxygens (including phenoxy) is 1. The van der Waals surface area contributed by atoms with Gasteiger partial charge in [-0.2, -0.15) is 22.0 Å².